The lowest BCUT2D eigenvalue weighted by Crippen LogP contribution is -1.99. The molecule has 0 spiro atoms. The fourth-order valence-electron chi connectivity index (χ4n) is 0. The monoisotopic (exact) mass is 355 g/mol. The summed E-state index contributed by atoms with van der Waals surface area (Å²) < 4.78 is 10.2. The molecule has 0 heterocycles. The first-order valence-corrected chi connectivity index (χ1v) is 13.7. The standard InChI is InChI=1S/C5H12.C3H9B.C3H9N.C3H9OP.C3H9P/c1-5(2,3)4;2*1-4(2)3;1-5(2,3)4;1-4(2)3/h1-4H3;2*1-3H3;1-3H3;1-3H3. The highest BCUT2D eigenvalue weighted by Gasteiger charge is 1.95. The van der Waals surface area contributed by atoms with Gasteiger partial charge in [0.05, 0.1) is 7.14 Å². The van der Waals surface area contributed by atoms with Crippen LogP contribution < -0.4 is 0 Å². The van der Waals surface area contributed by atoms with Crippen molar-refractivity contribution in [1.82, 2.24) is 4.90 Å². The van der Waals surface area contributed by atoms with E-state index in [2.05, 4.69) is 68.2 Å². The Kier molecular flexibility index (Phi) is 30.6. The first kappa shape index (κ1) is 34.1. The van der Waals surface area contributed by atoms with E-state index in [4.69, 9.17) is 0 Å². The lowest BCUT2D eigenvalue weighted by Gasteiger charge is -2.05. The van der Waals surface area contributed by atoms with Crippen molar-refractivity contribution in [3.05, 3.63) is 0 Å². The largest absolute Gasteiger partial charge is 0.324 e. The Balaban J connectivity index is -0.0000000550. The maximum absolute atomic E-state index is 10.2. The quantitative estimate of drug-likeness (QED) is 0.381. The lowest BCUT2D eigenvalue weighted by molar-refractivity contribution is 0.469. The van der Waals surface area contributed by atoms with Crippen molar-refractivity contribution in [3.8, 4) is 0 Å². The van der Waals surface area contributed by atoms with Gasteiger partial charge in [0.15, 0.2) is 0 Å². The summed E-state index contributed by atoms with van der Waals surface area (Å²) in [6.45, 7) is 28.0. The minimum Gasteiger partial charge on any atom is -0.324 e. The Morgan fingerprint density at radius 3 is 0.818 bits per heavy atom. The van der Waals surface area contributed by atoms with E-state index >= 15 is 0 Å². The summed E-state index contributed by atoms with van der Waals surface area (Å²) in [4.78, 5) is 2.00. The number of hydrogen-bond acceptors (Lipinski definition) is 2. The molecular weight excluding hydrogens is 307 g/mol. The van der Waals surface area contributed by atoms with Gasteiger partial charge in [-0.3, -0.25) is 0 Å². The van der Waals surface area contributed by atoms with Crippen LogP contribution in [0.2, 0.25) is 20.5 Å². The molecule has 0 aliphatic rings. The van der Waals surface area contributed by atoms with Gasteiger partial charge in [-0.25, -0.2) is 0 Å². The molecule has 0 aromatic rings. The zero-order valence-electron chi connectivity index (χ0n) is 18.8. The molecular formula is C17H48BNOP2. The van der Waals surface area contributed by atoms with E-state index < -0.39 is 7.14 Å². The Hall–Kier alpha value is 0.685. The summed E-state index contributed by atoms with van der Waals surface area (Å²) in [7, 11) is 4.74. The molecule has 0 saturated carbocycles. The van der Waals surface area contributed by atoms with E-state index in [0.717, 1.165) is 6.71 Å². The lowest BCUT2D eigenvalue weighted by atomic mass is 9.58. The molecule has 0 rings (SSSR count). The Morgan fingerprint density at radius 2 is 0.818 bits per heavy atom. The van der Waals surface area contributed by atoms with Gasteiger partial charge in [-0.05, 0) is 66.5 Å². The Bertz CT molecular complexity index is 195. The summed E-state index contributed by atoms with van der Waals surface area (Å²) in [6, 6.07) is 0. The average Bonchev–Trinajstić information content (AvgIpc) is 1.88. The fraction of sp³-hybridized carbons (Fsp3) is 1.00. The molecule has 22 heavy (non-hydrogen) atoms. The van der Waals surface area contributed by atoms with Crippen molar-refractivity contribution >= 4 is 21.8 Å². The maximum Gasteiger partial charge on any atom is 0.130 e. The molecule has 0 bridgehead atoms. The van der Waals surface area contributed by atoms with E-state index in [-0.39, 0.29) is 0 Å². The van der Waals surface area contributed by atoms with Gasteiger partial charge in [0, 0.05) is 0 Å². The highest BCUT2D eigenvalue weighted by molar-refractivity contribution is 7.61. The second-order valence-corrected chi connectivity index (χ2v) is 15.8. The van der Waals surface area contributed by atoms with Crippen LogP contribution in [0.15, 0.2) is 0 Å². The van der Waals surface area contributed by atoms with Crippen molar-refractivity contribution in [2.45, 2.75) is 48.2 Å². The van der Waals surface area contributed by atoms with Gasteiger partial charge < -0.3 is 9.46 Å². The van der Waals surface area contributed by atoms with Gasteiger partial charge in [0.1, 0.15) is 6.71 Å². The zero-order valence-corrected chi connectivity index (χ0v) is 20.6. The second-order valence-electron chi connectivity index (χ2n) is 9.30. The van der Waals surface area contributed by atoms with Crippen molar-refractivity contribution in [2.24, 2.45) is 5.41 Å². The normalized spacial score (nSPS) is 9.91. The average molecular weight is 355 g/mol. The van der Waals surface area contributed by atoms with E-state index in [9.17, 15) is 4.57 Å². The van der Waals surface area contributed by atoms with Crippen LogP contribution >= 0.6 is 15.1 Å². The molecule has 0 unspecified atom stereocenters. The first-order chi connectivity index (χ1) is 9.20. The topological polar surface area (TPSA) is 20.3 Å². The van der Waals surface area contributed by atoms with E-state index in [1.165, 1.54) is 0 Å². The van der Waals surface area contributed by atoms with E-state index in [1.807, 2.05) is 26.0 Å². The van der Waals surface area contributed by atoms with Crippen LogP contribution in [0.5, 0.6) is 0 Å². The molecule has 5 heteroatoms. The fourth-order valence-corrected chi connectivity index (χ4v) is 0. The zero-order chi connectivity index (χ0) is 19.7. The summed E-state index contributed by atoms with van der Waals surface area (Å²) in [6.07, 6.45) is 0. The minimum absolute atomic E-state index is 0.380. The molecule has 0 aliphatic heterocycles. The molecule has 0 saturated heterocycles. The Morgan fingerprint density at radius 1 is 0.818 bits per heavy atom. The SMILES string of the molecule is CB(C)C.CC(C)(C)C.CN(C)C.CP(C)(C)=O.CP(C)C. The van der Waals surface area contributed by atoms with Gasteiger partial charge in [-0.15, -0.1) is 7.92 Å². The van der Waals surface area contributed by atoms with Gasteiger partial charge in [0.2, 0.25) is 0 Å². The van der Waals surface area contributed by atoms with Crippen LogP contribution in [0.3, 0.4) is 0 Å². The predicted molar refractivity (Wildman–Crippen MR) is 118 cm³/mol. The summed E-state index contributed by atoms with van der Waals surface area (Å²) in [5, 5.41) is 0. The minimum atomic E-state index is -1.64. The second kappa shape index (κ2) is 19.7. The van der Waals surface area contributed by atoms with Crippen LogP contribution in [0.4, 0.5) is 0 Å². The molecule has 0 atom stereocenters. The van der Waals surface area contributed by atoms with E-state index in [1.54, 1.807) is 20.0 Å². The third-order valence-electron chi connectivity index (χ3n) is 0. The van der Waals surface area contributed by atoms with Crippen molar-refractivity contribution < 1.29 is 4.57 Å². The molecule has 0 fully saturated rings. The highest BCUT2D eigenvalue weighted by Crippen LogP contribution is 2.28. The van der Waals surface area contributed by atoms with Crippen LogP contribution in [-0.2, 0) is 4.57 Å². The highest BCUT2D eigenvalue weighted by atomic mass is 31.2. The summed E-state index contributed by atoms with van der Waals surface area (Å²) >= 11 is 0. The van der Waals surface area contributed by atoms with Gasteiger partial charge in [-0.2, -0.15) is 0 Å². The molecule has 0 aromatic heterocycles. The van der Waals surface area contributed by atoms with Crippen LogP contribution in [0, 0.1) is 5.41 Å². The first-order valence-electron chi connectivity index (χ1n) is 7.94. The van der Waals surface area contributed by atoms with Crippen molar-refractivity contribution in [3.63, 3.8) is 0 Å². The van der Waals surface area contributed by atoms with Gasteiger partial charge in [0.25, 0.3) is 0 Å². The van der Waals surface area contributed by atoms with Crippen LogP contribution in [-0.4, -0.2) is 72.7 Å². The van der Waals surface area contributed by atoms with Crippen molar-refractivity contribution in [2.75, 3.05) is 61.1 Å². The molecule has 0 amide bonds. The Labute approximate surface area is 146 Å². The van der Waals surface area contributed by atoms with Crippen LogP contribution in [0.25, 0.3) is 0 Å². The van der Waals surface area contributed by atoms with E-state index in [0.29, 0.717) is 13.3 Å². The van der Waals surface area contributed by atoms with Gasteiger partial charge in [-0.1, -0.05) is 48.2 Å². The maximum atomic E-state index is 10.2. The number of rotatable bonds is 0. The molecule has 0 aromatic carbocycles. The molecule has 140 valence electrons. The predicted octanol–water partition coefficient (Wildman–Crippen LogP) is 6.20. The summed E-state index contributed by atoms with van der Waals surface area (Å²) in [5.74, 6) is 0. The third kappa shape index (κ3) is 17100. The number of nitrogens with zero attached hydrogens (tertiary/aromatic N) is 1. The summed E-state index contributed by atoms with van der Waals surface area (Å²) in [5.41, 5.74) is 0.500. The molecule has 0 N–H and O–H groups in total. The molecule has 2 nitrogen and oxygen atoms in total. The molecule has 0 radical (unpaired) electrons. The van der Waals surface area contributed by atoms with Gasteiger partial charge >= 0.3 is 0 Å². The van der Waals surface area contributed by atoms with Crippen LogP contribution in [0.1, 0.15) is 27.7 Å². The third-order valence-corrected chi connectivity index (χ3v) is 0. The van der Waals surface area contributed by atoms with Crippen molar-refractivity contribution in [1.29, 1.82) is 0 Å². The molecule has 0 aliphatic carbocycles. The number of hydrogen-bond donors (Lipinski definition) is 0. The smallest absolute Gasteiger partial charge is 0.130 e.